The zero-order valence-electron chi connectivity index (χ0n) is 18.9. The van der Waals surface area contributed by atoms with Gasteiger partial charge in [0.25, 0.3) is 0 Å². The van der Waals surface area contributed by atoms with E-state index in [1.54, 1.807) is 0 Å². The highest BCUT2D eigenvalue weighted by Crippen LogP contribution is 2.28. The zero-order valence-corrected chi connectivity index (χ0v) is 22.1. The van der Waals surface area contributed by atoms with Crippen molar-refractivity contribution in [2.24, 2.45) is 4.99 Å². The quantitative estimate of drug-likeness (QED) is 0.196. The van der Waals surface area contributed by atoms with Crippen LogP contribution in [0.5, 0.6) is 0 Å². The highest BCUT2D eigenvalue weighted by atomic mass is 127. The minimum Gasteiger partial charge on any atom is -0.381 e. The first-order valence-corrected chi connectivity index (χ1v) is 12.2. The molecule has 0 radical (unpaired) electrons. The third kappa shape index (κ3) is 9.51. The summed E-state index contributed by atoms with van der Waals surface area (Å²) in [7, 11) is 0. The molecule has 3 heterocycles. The first-order valence-electron chi connectivity index (χ1n) is 11.4. The molecule has 2 aliphatic heterocycles. The lowest BCUT2D eigenvalue weighted by atomic mass is 10.1. The number of thiophene rings is 1. The van der Waals surface area contributed by atoms with E-state index in [-0.39, 0.29) is 24.0 Å². The molecule has 7 nitrogen and oxygen atoms in total. The number of aliphatic imine (C=N–C) groups is 1. The Hall–Kier alpha value is -0.460. The highest BCUT2D eigenvalue weighted by molar-refractivity contribution is 14.0. The molecule has 1 aromatic rings. The Morgan fingerprint density at radius 1 is 1.19 bits per heavy atom. The molecule has 0 spiro atoms. The molecule has 9 heteroatoms. The van der Waals surface area contributed by atoms with Crippen LogP contribution in [0.1, 0.15) is 42.0 Å². The van der Waals surface area contributed by atoms with Gasteiger partial charge in [0.05, 0.1) is 31.9 Å². The fourth-order valence-electron chi connectivity index (χ4n) is 3.80. The Labute approximate surface area is 208 Å². The van der Waals surface area contributed by atoms with Gasteiger partial charge in [0.15, 0.2) is 5.96 Å². The monoisotopic (exact) mass is 566 g/mol. The number of nitrogens with one attached hydrogen (secondary N) is 2. The first kappa shape index (κ1) is 26.8. The molecular weight excluding hydrogens is 527 g/mol. The molecule has 1 aromatic heterocycles. The zero-order chi connectivity index (χ0) is 21.0. The Kier molecular flexibility index (Phi) is 13.3. The lowest BCUT2D eigenvalue weighted by Gasteiger charge is -2.33. The second kappa shape index (κ2) is 15.4. The van der Waals surface area contributed by atoms with Crippen LogP contribution in [0.3, 0.4) is 0 Å². The molecule has 0 amide bonds. The molecule has 2 N–H and O–H groups in total. The van der Waals surface area contributed by atoms with E-state index in [1.165, 1.54) is 9.75 Å². The number of hydrogen-bond donors (Lipinski definition) is 2. The Balaban J connectivity index is 0.00000341. The summed E-state index contributed by atoms with van der Waals surface area (Å²) in [6.45, 7) is 12.7. The van der Waals surface area contributed by atoms with Gasteiger partial charge >= 0.3 is 0 Å². The fraction of sp³-hybridized carbons (Fsp3) is 0.773. The summed E-state index contributed by atoms with van der Waals surface area (Å²) in [5.74, 6) is 0.884. The second-order valence-corrected chi connectivity index (χ2v) is 9.11. The van der Waals surface area contributed by atoms with Crippen LogP contribution in [0.15, 0.2) is 17.1 Å². The van der Waals surface area contributed by atoms with E-state index in [9.17, 15) is 0 Å². The minimum atomic E-state index is 0. The van der Waals surface area contributed by atoms with Gasteiger partial charge in [0, 0.05) is 55.8 Å². The number of hydrogen-bond acceptors (Lipinski definition) is 6. The van der Waals surface area contributed by atoms with Gasteiger partial charge in [0.2, 0.25) is 0 Å². The third-order valence-corrected chi connectivity index (χ3v) is 6.58. The van der Waals surface area contributed by atoms with Gasteiger partial charge < -0.3 is 24.8 Å². The van der Waals surface area contributed by atoms with Gasteiger partial charge in [-0.05, 0) is 45.2 Å². The van der Waals surface area contributed by atoms with Crippen molar-refractivity contribution < 1.29 is 14.2 Å². The van der Waals surface area contributed by atoms with Crippen molar-refractivity contribution in [3.63, 3.8) is 0 Å². The molecular formula is C22H39IN4O3S. The van der Waals surface area contributed by atoms with Crippen LogP contribution in [0.4, 0.5) is 0 Å². The van der Waals surface area contributed by atoms with Gasteiger partial charge in [-0.2, -0.15) is 0 Å². The average Bonchev–Trinajstić information content (AvgIpc) is 3.21. The number of rotatable bonds is 10. The maximum absolute atomic E-state index is 5.97. The summed E-state index contributed by atoms with van der Waals surface area (Å²) < 4.78 is 16.9. The van der Waals surface area contributed by atoms with Gasteiger partial charge in [0.1, 0.15) is 0 Å². The number of aryl methyl sites for hydroxylation is 1. The standard InChI is InChI=1S/C22H38N4O3S.HI/c1-3-23-22(24-9-4-12-29-19-7-13-27-14-8-19)25-17-20(21-6-5-18(2)30-21)26-10-15-28-16-11-26;/h5-6,19-20H,3-4,7-17H2,1-2H3,(H2,23,24,25);1H. The second-order valence-electron chi connectivity index (χ2n) is 7.80. The van der Waals surface area contributed by atoms with Gasteiger partial charge in [-0.25, -0.2) is 0 Å². The van der Waals surface area contributed by atoms with Crippen LogP contribution in [0.25, 0.3) is 0 Å². The summed E-state index contributed by atoms with van der Waals surface area (Å²) in [6, 6.07) is 4.77. The molecule has 2 fully saturated rings. The van der Waals surface area contributed by atoms with Crippen molar-refractivity contribution in [1.82, 2.24) is 15.5 Å². The predicted octanol–water partition coefficient (Wildman–Crippen LogP) is 3.19. The highest BCUT2D eigenvalue weighted by Gasteiger charge is 2.23. The van der Waals surface area contributed by atoms with E-state index in [2.05, 4.69) is 41.5 Å². The van der Waals surface area contributed by atoms with Crippen molar-refractivity contribution in [2.45, 2.75) is 45.3 Å². The lowest BCUT2D eigenvalue weighted by molar-refractivity contribution is -0.0320. The first-order chi connectivity index (χ1) is 14.8. The van der Waals surface area contributed by atoms with Crippen LogP contribution >= 0.6 is 35.3 Å². The largest absolute Gasteiger partial charge is 0.381 e. The van der Waals surface area contributed by atoms with Crippen molar-refractivity contribution in [2.75, 3.05) is 65.8 Å². The van der Waals surface area contributed by atoms with Crippen LogP contribution in [0, 0.1) is 6.92 Å². The van der Waals surface area contributed by atoms with Gasteiger partial charge in [-0.15, -0.1) is 35.3 Å². The molecule has 0 aromatic carbocycles. The van der Waals surface area contributed by atoms with Gasteiger partial charge in [-0.3, -0.25) is 9.89 Å². The summed E-state index contributed by atoms with van der Waals surface area (Å²) in [6.07, 6.45) is 3.37. The molecule has 3 rings (SSSR count). The lowest BCUT2D eigenvalue weighted by Crippen LogP contribution is -2.42. The Morgan fingerprint density at radius 3 is 2.61 bits per heavy atom. The molecule has 0 aliphatic carbocycles. The van der Waals surface area contributed by atoms with E-state index in [4.69, 9.17) is 19.2 Å². The van der Waals surface area contributed by atoms with Gasteiger partial charge in [-0.1, -0.05) is 0 Å². The van der Waals surface area contributed by atoms with Crippen LogP contribution in [-0.2, 0) is 14.2 Å². The predicted molar refractivity (Wildman–Crippen MR) is 138 cm³/mol. The van der Waals surface area contributed by atoms with E-state index < -0.39 is 0 Å². The smallest absolute Gasteiger partial charge is 0.191 e. The van der Waals surface area contributed by atoms with Crippen molar-refractivity contribution in [1.29, 1.82) is 0 Å². The molecule has 0 bridgehead atoms. The molecule has 1 atom stereocenters. The van der Waals surface area contributed by atoms with E-state index in [0.717, 1.165) is 91.0 Å². The minimum absolute atomic E-state index is 0. The van der Waals surface area contributed by atoms with Crippen molar-refractivity contribution in [3.05, 3.63) is 21.9 Å². The maximum atomic E-state index is 5.97. The number of morpholine rings is 1. The van der Waals surface area contributed by atoms with Crippen molar-refractivity contribution >= 4 is 41.3 Å². The SMILES string of the molecule is CCNC(=NCC(c1ccc(C)s1)N1CCOCC1)NCCCOC1CCOCC1.I. The average molecular weight is 567 g/mol. The third-order valence-electron chi connectivity index (χ3n) is 5.48. The topological polar surface area (TPSA) is 67.4 Å². The molecule has 0 saturated carbocycles. The number of nitrogens with zero attached hydrogens (tertiary/aromatic N) is 2. The number of ether oxygens (including phenoxy) is 3. The summed E-state index contributed by atoms with van der Waals surface area (Å²) in [5.41, 5.74) is 0. The fourth-order valence-corrected chi connectivity index (χ4v) is 4.80. The molecule has 2 aliphatic rings. The van der Waals surface area contributed by atoms with Crippen LogP contribution in [-0.4, -0.2) is 82.7 Å². The Bertz CT molecular complexity index is 634. The number of guanidine groups is 1. The Morgan fingerprint density at radius 2 is 1.94 bits per heavy atom. The van der Waals surface area contributed by atoms with E-state index in [1.807, 2.05) is 11.3 Å². The van der Waals surface area contributed by atoms with E-state index >= 15 is 0 Å². The summed E-state index contributed by atoms with van der Waals surface area (Å²) in [4.78, 5) is 10.2. The van der Waals surface area contributed by atoms with Crippen molar-refractivity contribution in [3.8, 4) is 0 Å². The van der Waals surface area contributed by atoms with E-state index in [0.29, 0.717) is 12.1 Å². The van der Waals surface area contributed by atoms with Crippen LogP contribution < -0.4 is 10.6 Å². The summed E-state index contributed by atoms with van der Waals surface area (Å²) in [5, 5.41) is 6.85. The maximum Gasteiger partial charge on any atom is 0.191 e. The molecule has 2 saturated heterocycles. The molecule has 31 heavy (non-hydrogen) atoms. The summed E-state index contributed by atoms with van der Waals surface area (Å²) >= 11 is 1.87. The normalized spacial score (nSPS) is 19.6. The molecule has 178 valence electrons. The molecule has 1 unspecified atom stereocenters. The number of halogens is 1. The van der Waals surface area contributed by atoms with Crippen LogP contribution in [0.2, 0.25) is 0 Å².